The van der Waals surface area contributed by atoms with E-state index in [-0.39, 0.29) is 0 Å². The van der Waals surface area contributed by atoms with Crippen LogP contribution >= 0.6 is 0 Å². The van der Waals surface area contributed by atoms with Gasteiger partial charge < -0.3 is 20.3 Å². The van der Waals surface area contributed by atoms with Gasteiger partial charge in [0, 0.05) is 19.6 Å². The molecule has 0 heterocycles. The van der Waals surface area contributed by atoms with Crippen molar-refractivity contribution < 1.29 is 4.74 Å². The Labute approximate surface area is 134 Å². The second kappa shape index (κ2) is 10.9. The molecule has 124 valence electrons. The minimum absolute atomic E-state index is 0.663. The summed E-state index contributed by atoms with van der Waals surface area (Å²) in [6, 6.07) is 8.17. The number of nitrogens with one attached hydrogen (secondary N) is 2. The molecular weight excluding hydrogens is 276 g/mol. The van der Waals surface area contributed by atoms with Crippen molar-refractivity contribution in [1.82, 2.24) is 15.5 Å². The molecule has 0 saturated carbocycles. The summed E-state index contributed by atoms with van der Waals surface area (Å²) in [4.78, 5) is 6.71. The fraction of sp³-hybridized carbons (Fsp3) is 0.588. The van der Waals surface area contributed by atoms with Crippen LogP contribution < -0.4 is 15.4 Å². The Balaban J connectivity index is 2.42. The fourth-order valence-electron chi connectivity index (χ4n) is 1.94. The third kappa shape index (κ3) is 7.88. The zero-order chi connectivity index (χ0) is 16.2. The summed E-state index contributed by atoms with van der Waals surface area (Å²) in [6.45, 7) is 8.32. The lowest BCUT2D eigenvalue weighted by Crippen LogP contribution is -2.36. The predicted molar refractivity (Wildman–Crippen MR) is 93.6 cm³/mol. The average molecular weight is 306 g/mol. The van der Waals surface area contributed by atoms with Crippen molar-refractivity contribution in [2.24, 2.45) is 4.99 Å². The van der Waals surface area contributed by atoms with E-state index in [1.165, 1.54) is 5.56 Å². The summed E-state index contributed by atoms with van der Waals surface area (Å²) in [5, 5.41) is 6.44. The molecule has 0 aromatic heterocycles. The molecule has 0 aliphatic carbocycles. The molecule has 0 radical (unpaired) electrons. The van der Waals surface area contributed by atoms with Gasteiger partial charge in [-0.1, -0.05) is 12.1 Å². The highest BCUT2D eigenvalue weighted by molar-refractivity contribution is 5.79. The molecule has 0 aliphatic heterocycles. The smallest absolute Gasteiger partial charge is 0.191 e. The van der Waals surface area contributed by atoms with Gasteiger partial charge in [-0.05, 0) is 52.1 Å². The standard InChI is InChI=1S/C17H30N4O/c1-5-18-17(19-6-2)20-14-15-8-10-16(11-9-15)22-13-7-12-21(3)4/h8-11H,5-7,12-14H2,1-4H3,(H2,18,19,20). The maximum Gasteiger partial charge on any atom is 0.191 e. The Bertz CT molecular complexity index is 421. The van der Waals surface area contributed by atoms with Crippen molar-refractivity contribution in [3.8, 4) is 5.75 Å². The lowest BCUT2D eigenvalue weighted by atomic mass is 10.2. The van der Waals surface area contributed by atoms with Crippen LogP contribution in [0.5, 0.6) is 5.75 Å². The van der Waals surface area contributed by atoms with Gasteiger partial charge in [0.2, 0.25) is 0 Å². The number of hydrogen-bond acceptors (Lipinski definition) is 3. The Hall–Kier alpha value is -1.75. The van der Waals surface area contributed by atoms with E-state index < -0.39 is 0 Å². The second-order valence-corrected chi connectivity index (χ2v) is 5.37. The number of nitrogens with zero attached hydrogens (tertiary/aromatic N) is 2. The summed E-state index contributed by atoms with van der Waals surface area (Å²) in [5.74, 6) is 1.78. The summed E-state index contributed by atoms with van der Waals surface area (Å²) in [5.41, 5.74) is 1.17. The third-order valence-electron chi connectivity index (χ3n) is 3.05. The molecule has 1 aromatic rings. The zero-order valence-corrected chi connectivity index (χ0v) is 14.4. The van der Waals surface area contributed by atoms with Crippen molar-refractivity contribution in [3.63, 3.8) is 0 Å². The van der Waals surface area contributed by atoms with Gasteiger partial charge in [-0.3, -0.25) is 0 Å². The molecule has 1 rings (SSSR count). The summed E-state index contributed by atoms with van der Waals surface area (Å²) in [6.07, 6.45) is 1.04. The summed E-state index contributed by atoms with van der Waals surface area (Å²) >= 11 is 0. The highest BCUT2D eigenvalue weighted by Crippen LogP contribution is 2.13. The first-order valence-electron chi connectivity index (χ1n) is 8.04. The molecule has 22 heavy (non-hydrogen) atoms. The molecule has 0 fully saturated rings. The van der Waals surface area contributed by atoms with Gasteiger partial charge in [0.1, 0.15) is 5.75 Å². The minimum Gasteiger partial charge on any atom is -0.494 e. The number of ether oxygens (including phenoxy) is 1. The molecule has 5 nitrogen and oxygen atoms in total. The van der Waals surface area contributed by atoms with E-state index in [0.717, 1.165) is 44.4 Å². The number of hydrogen-bond donors (Lipinski definition) is 2. The van der Waals surface area contributed by atoms with Crippen molar-refractivity contribution in [1.29, 1.82) is 0 Å². The number of guanidine groups is 1. The first kappa shape index (κ1) is 18.3. The second-order valence-electron chi connectivity index (χ2n) is 5.37. The van der Waals surface area contributed by atoms with E-state index in [1.54, 1.807) is 0 Å². The van der Waals surface area contributed by atoms with Crippen LogP contribution in [0.3, 0.4) is 0 Å². The van der Waals surface area contributed by atoms with Gasteiger partial charge in [-0.2, -0.15) is 0 Å². The normalized spacial score (nSPS) is 10.4. The molecule has 0 saturated heterocycles. The molecule has 1 aromatic carbocycles. The monoisotopic (exact) mass is 306 g/mol. The fourth-order valence-corrected chi connectivity index (χ4v) is 1.94. The van der Waals surface area contributed by atoms with Crippen LogP contribution in [-0.4, -0.2) is 51.2 Å². The molecule has 5 heteroatoms. The molecule has 0 atom stereocenters. The van der Waals surface area contributed by atoms with Crippen LogP contribution in [0, 0.1) is 0 Å². The van der Waals surface area contributed by atoms with Crippen LogP contribution in [0.4, 0.5) is 0 Å². The molecule has 0 amide bonds. The number of rotatable bonds is 9. The van der Waals surface area contributed by atoms with E-state index in [4.69, 9.17) is 4.74 Å². The van der Waals surface area contributed by atoms with E-state index in [0.29, 0.717) is 6.54 Å². The van der Waals surface area contributed by atoms with E-state index in [9.17, 15) is 0 Å². The summed E-state index contributed by atoms with van der Waals surface area (Å²) < 4.78 is 5.73. The average Bonchev–Trinajstić information content (AvgIpc) is 2.50. The molecule has 0 spiro atoms. The largest absolute Gasteiger partial charge is 0.494 e. The Morgan fingerprint density at radius 2 is 1.73 bits per heavy atom. The third-order valence-corrected chi connectivity index (χ3v) is 3.05. The van der Waals surface area contributed by atoms with Gasteiger partial charge in [-0.25, -0.2) is 4.99 Å². The number of benzene rings is 1. The van der Waals surface area contributed by atoms with Crippen molar-refractivity contribution in [3.05, 3.63) is 29.8 Å². The highest BCUT2D eigenvalue weighted by Gasteiger charge is 1.98. The van der Waals surface area contributed by atoms with Crippen LogP contribution in [-0.2, 0) is 6.54 Å². The Kier molecular flexibility index (Phi) is 9.07. The minimum atomic E-state index is 0.663. The van der Waals surface area contributed by atoms with Crippen molar-refractivity contribution in [2.75, 3.05) is 40.3 Å². The highest BCUT2D eigenvalue weighted by atomic mass is 16.5. The molecule has 0 bridgehead atoms. The van der Waals surface area contributed by atoms with Gasteiger partial charge >= 0.3 is 0 Å². The Morgan fingerprint density at radius 1 is 1.09 bits per heavy atom. The van der Waals surface area contributed by atoms with Crippen LogP contribution in [0.15, 0.2) is 29.3 Å². The first-order chi connectivity index (χ1) is 10.7. The van der Waals surface area contributed by atoms with Crippen molar-refractivity contribution >= 4 is 5.96 Å². The predicted octanol–water partition coefficient (Wildman–Crippen LogP) is 2.09. The van der Waals surface area contributed by atoms with Crippen LogP contribution in [0.25, 0.3) is 0 Å². The van der Waals surface area contributed by atoms with Gasteiger partial charge in [-0.15, -0.1) is 0 Å². The zero-order valence-electron chi connectivity index (χ0n) is 14.4. The quantitative estimate of drug-likeness (QED) is 0.417. The van der Waals surface area contributed by atoms with Gasteiger partial charge in [0.15, 0.2) is 5.96 Å². The van der Waals surface area contributed by atoms with Gasteiger partial charge in [0.05, 0.1) is 13.2 Å². The van der Waals surface area contributed by atoms with Crippen LogP contribution in [0.2, 0.25) is 0 Å². The molecule has 0 aliphatic rings. The van der Waals surface area contributed by atoms with E-state index >= 15 is 0 Å². The molecule has 2 N–H and O–H groups in total. The van der Waals surface area contributed by atoms with Crippen LogP contribution in [0.1, 0.15) is 25.8 Å². The van der Waals surface area contributed by atoms with Crippen molar-refractivity contribution in [2.45, 2.75) is 26.8 Å². The van der Waals surface area contributed by atoms with E-state index in [1.807, 2.05) is 12.1 Å². The first-order valence-corrected chi connectivity index (χ1v) is 8.04. The Morgan fingerprint density at radius 3 is 2.27 bits per heavy atom. The molecule has 0 unspecified atom stereocenters. The topological polar surface area (TPSA) is 48.9 Å². The van der Waals surface area contributed by atoms with E-state index in [2.05, 4.69) is 60.6 Å². The summed E-state index contributed by atoms with van der Waals surface area (Å²) in [7, 11) is 4.15. The molecular formula is C17H30N4O. The number of aliphatic imine (C=N–C) groups is 1. The maximum atomic E-state index is 5.73. The lowest BCUT2D eigenvalue weighted by Gasteiger charge is -2.11. The SMILES string of the molecule is CCNC(=NCc1ccc(OCCCN(C)C)cc1)NCC. The maximum absolute atomic E-state index is 5.73. The van der Waals surface area contributed by atoms with Gasteiger partial charge in [0.25, 0.3) is 0 Å². The lowest BCUT2D eigenvalue weighted by molar-refractivity contribution is 0.281.